The predicted molar refractivity (Wildman–Crippen MR) is 127 cm³/mol. The fraction of sp³-hybridized carbons (Fsp3) is 0.160. The molecule has 0 saturated heterocycles. The average Bonchev–Trinajstić information content (AvgIpc) is 3.49. The van der Waals surface area contributed by atoms with Crippen molar-refractivity contribution in [3.05, 3.63) is 101 Å². The SMILES string of the molecule is Cc1nc(COc2ccccc2/C=C/C(=O)N[C@H](C)c2ccc(-n3ccnc3)cc2)cs1. The van der Waals surface area contributed by atoms with E-state index in [2.05, 4.69) is 15.3 Å². The number of aromatic nitrogens is 3. The Kier molecular flexibility index (Phi) is 6.77. The number of nitrogens with zero attached hydrogens (tertiary/aromatic N) is 3. The second-order valence-electron chi connectivity index (χ2n) is 7.31. The van der Waals surface area contributed by atoms with Crippen LogP contribution in [0.1, 0.15) is 34.8 Å². The molecule has 0 radical (unpaired) electrons. The molecule has 32 heavy (non-hydrogen) atoms. The predicted octanol–water partition coefficient (Wildman–Crippen LogP) is 5.11. The van der Waals surface area contributed by atoms with Gasteiger partial charge < -0.3 is 14.6 Å². The van der Waals surface area contributed by atoms with Gasteiger partial charge in [0.1, 0.15) is 12.4 Å². The molecule has 2 heterocycles. The number of rotatable bonds is 8. The minimum absolute atomic E-state index is 0.122. The molecule has 0 aliphatic carbocycles. The summed E-state index contributed by atoms with van der Waals surface area (Å²) < 4.78 is 7.85. The third-order valence-corrected chi connectivity index (χ3v) is 5.75. The van der Waals surface area contributed by atoms with Gasteiger partial charge in [-0.1, -0.05) is 30.3 Å². The first-order valence-corrected chi connectivity index (χ1v) is 11.2. The number of thiazole rings is 1. The number of benzene rings is 2. The Morgan fingerprint density at radius 1 is 1.22 bits per heavy atom. The van der Waals surface area contributed by atoms with Crippen molar-refractivity contribution in [1.29, 1.82) is 0 Å². The van der Waals surface area contributed by atoms with E-state index in [0.717, 1.165) is 27.5 Å². The summed E-state index contributed by atoms with van der Waals surface area (Å²) in [6, 6.07) is 15.5. The third kappa shape index (κ3) is 5.50. The van der Waals surface area contributed by atoms with Gasteiger partial charge in [-0.25, -0.2) is 9.97 Å². The summed E-state index contributed by atoms with van der Waals surface area (Å²) in [6.07, 6.45) is 8.69. The van der Waals surface area contributed by atoms with E-state index in [0.29, 0.717) is 12.4 Å². The van der Waals surface area contributed by atoms with Crippen molar-refractivity contribution in [2.24, 2.45) is 0 Å². The molecular formula is C25H24N4O2S. The Morgan fingerprint density at radius 2 is 2.03 bits per heavy atom. The lowest BCUT2D eigenvalue weighted by molar-refractivity contribution is -0.117. The van der Waals surface area contributed by atoms with Crippen molar-refractivity contribution < 1.29 is 9.53 Å². The quantitative estimate of drug-likeness (QED) is 0.384. The van der Waals surface area contributed by atoms with Gasteiger partial charge in [0.2, 0.25) is 5.91 Å². The van der Waals surface area contributed by atoms with Crippen LogP contribution in [0.4, 0.5) is 0 Å². The zero-order chi connectivity index (χ0) is 22.3. The number of amides is 1. The molecular weight excluding hydrogens is 420 g/mol. The second-order valence-corrected chi connectivity index (χ2v) is 8.37. The number of carbonyl (C=O) groups excluding carboxylic acids is 1. The Bertz CT molecular complexity index is 1200. The zero-order valence-electron chi connectivity index (χ0n) is 17.9. The van der Waals surface area contributed by atoms with E-state index in [4.69, 9.17) is 4.74 Å². The van der Waals surface area contributed by atoms with Crippen LogP contribution in [0.5, 0.6) is 5.75 Å². The molecule has 1 atom stereocenters. The molecule has 6 nitrogen and oxygen atoms in total. The number of nitrogens with one attached hydrogen (secondary N) is 1. The molecule has 0 spiro atoms. The third-order valence-electron chi connectivity index (χ3n) is 4.93. The summed E-state index contributed by atoms with van der Waals surface area (Å²) in [5.41, 5.74) is 3.79. The standard InChI is InChI=1S/C25H24N4O2S/c1-18(20-7-10-23(11-8-20)29-14-13-26-17-29)27-25(30)12-9-21-5-3-4-6-24(21)31-15-22-16-32-19(2)28-22/h3-14,16-18H,15H2,1-2H3,(H,27,30)/b12-9+/t18-/m1/s1. The zero-order valence-corrected chi connectivity index (χ0v) is 18.8. The molecule has 162 valence electrons. The highest BCUT2D eigenvalue weighted by Gasteiger charge is 2.09. The molecule has 4 rings (SSSR count). The van der Waals surface area contributed by atoms with Gasteiger partial charge in [-0.05, 0) is 43.7 Å². The monoisotopic (exact) mass is 444 g/mol. The van der Waals surface area contributed by atoms with E-state index in [-0.39, 0.29) is 11.9 Å². The summed E-state index contributed by atoms with van der Waals surface area (Å²) >= 11 is 1.60. The first-order valence-electron chi connectivity index (χ1n) is 10.3. The molecule has 0 bridgehead atoms. The van der Waals surface area contributed by atoms with Crippen LogP contribution in [-0.2, 0) is 11.4 Å². The summed E-state index contributed by atoms with van der Waals surface area (Å²) in [6.45, 7) is 4.33. The van der Waals surface area contributed by atoms with Crippen molar-refractivity contribution >= 4 is 23.3 Å². The van der Waals surface area contributed by atoms with Crippen LogP contribution in [0.3, 0.4) is 0 Å². The van der Waals surface area contributed by atoms with Gasteiger partial charge in [0, 0.05) is 35.1 Å². The maximum Gasteiger partial charge on any atom is 0.244 e. The van der Waals surface area contributed by atoms with Gasteiger partial charge in [0.05, 0.1) is 23.1 Å². The van der Waals surface area contributed by atoms with E-state index in [1.54, 1.807) is 29.9 Å². The molecule has 7 heteroatoms. The highest BCUT2D eigenvalue weighted by atomic mass is 32.1. The number of carbonyl (C=O) groups is 1. The lowest BCUT2D eigenvalue weighted by Gasteiger charge is -2.14. The van der Waals surface area contributed by atoms with Crippen LogP contribution in [0.25, 0.3) is 11.8 Å². The highest BCUT2D eigenvalue weighted by molar-refractivity contribution is 7.09. The molecule has 0 unspecified atom stereocenters. The van der Waals surface area contributed by atoms with Gasteiger partial charge in [0.15, 0.2) is 0 Å². The van der Waals surface area contributed by atoms with Crippen LogP contribution in [0.15, 0.2) is 78.7 Å². The number of aryl methyl sites for hydroxylation is 1. The molecule has 2 aromatic heterocycles. The second kappa shape index (κ2) is 10.1. The molecule has 1 N–H and O–H groups in total. The fourth-order valence-corrected chi connectivity index (χ4v) is 3.83. The first kappa shape index (κ1) is 21.5. The van der Waals surface area contributed by atoms with Gasteiger partial charge in [-0.15, -0.1) is 11.3 Å². The largest absolute Gasteiger partial charge is 0.487 e. The topological polar surface area (TPSA) is 69.0 Å². The number of hydrogen-bond acceptors (Lipinski definition) is 5. The van der Waals surface area contributed by atoms with Gasteiger partial charge in [-0.3, -0.25) is 4.79 Å². The van der Waals surface area contributed by atoms with Crippen LogP contribution >= 0.6 is 11.3 Å². The van der Waals surface area contributed by atoms with Crippen molar-refractivity contribution in [3.8, 4) is 11.4 Å². The van der Waals surface area contributed by atoms with Gasteiger partial charge in [0.25, 0.3) is 0 Å². The van der Waals surface area contributed by atoms with Crippen molar-refractivity contribution in [2.45, 2.75) is 26.5 Å². The minimum atomic E-state index is -0.166. The van der Waals surface area contributed by atoms with Crippen molar-refractivity contribution in [2.75, 3.05) is 0 Å². The first-order chi connectivity index (χ1) is 15.6. The van der Waals surface area contributed by atoms with Gasteiger partial charge in [-0.2, -0.15) is 0 Å². The van der Waals surface area contributed by atoms with Crippen LogP contribution in [-0.4, -0.2) is 20.4 Å². The Morgan fingerprint density at radius 3 is 2.75 bits per heavy atom. The van der Waals surface area contributed by atoms with E-state index >= 15 is 0 Å². The van der Waals surface area contributed by atoms with Crippen molar-refractivity contribution in [3.63, 3.8) is 0 Å². The highest BCUT2D eigenvalue weighted by Crippen LogP contribution is 2.21. The van der Waals surface area contributed by atoms with E-state index in [9.17, 15) is 4.79 Å². The summed E-state index contributed by atoms with van der Waals surface area (Å²) in [4.78, 5) is 21.0. The van der Waals surface area contributed by atoms with E-state index in [1.165, 1.54) is 6.08 Å². The molecule has 4 aromatic rings. The Balaban J connectivity index is 1.36. The van der Waals surface area contributed by atoms with Crippen molar-refractivity contribution in [1.82, 2.24) is 19.9 Å². The number of imidazole rings is 1. The Labute approximate surface area is 191 Å². The van der Waals surface area contributed by atoms with Crippen LogP contribution in [0.2, 0.25) is 0 Å². The van der Waals surface area contributed by atoms with Crippen LogP contribution in [0, 0.1) is 6.92 Å². The smallest absolute Gasteiger partial charge is 0.244 e. The normalized spacial score (nSPS) is 12.1. The van der Waals surface area contributed by atoms with E-state index in [1.807, 2.05) is 78.5 Å². The molecule has 0 saturated carbocycles. The Hall–Kier alpha value is -3.71. The minimum Gasteiger partial charge on any atom is -0.487 e. The maximum absolute atomic E-state index is 12.5. The molecule has 0 aliphatic heterocycles. The molecule has 0 fully saturated rings. The number of ether oxygens (including phenoxy) is 1. The summed E-state index contributed by atoms with van der Waals surface area (Å²) in [5.74, 6) is 0.548. The number of hydrogen-bond donors (Lipinski definition) is 1. The summed E-state index contributed by atoms with van der Waals surface area (Å²) in [7, 11) is 0. The fourth-order valence-electron chi connectivity index (χ4n) is 3.23. The maximum atomic E-state index is 12.5. The lowest BCUT2D eigenvalue weighted by Crippen LogP contribution is -2.24. The average molecular weight is 445 g/mol. The van der Waals surface area contributed by atoms with Crippen LogP contribution < -0.4 is 10.1 Å². The molecule has 0 aliphatic rings. The summed E-state index contributed by atoms with van der Waals surface area (Å²) in [5, 5.41) is 6.01. The van der Waals surface area contributed by atoms with E-state index < -0.39 is 0 Å². The lowest BCUT2D eigenvalue weighted by atomic mass is 10.1. The van der Waals surface area contributed by atoms with Gasteiger partial charge >= 0.3 is 0 Å². The molecule has 1 amide bonds. The number of para-hydroxylation sites is 1. The molecule has 2 aromatic carbocycles.